The van der Waals surface area contributed by atoms with E-state index in [9.17, 15) is 9.59 Å². The third-order valence-electron chi connectivity index (χ3n) is 5.50. The summed E-state index contributed by atoms with van der Waals surface area (Å²) in [6.07, 6.45) is 2.12. The highest BCUT2D eigenvalue weighted by atomic mass is 32.1. The number of carbonyl (C=O) groups excluding carboxylic acids is 2. The number of rotatable bonds is 7. The lowest BCUT2D eigenvalue weighted by Crippen LogP contribution is -2.47. The van der Waals surface area contributed by atoms with Crippen LogP contribution in [-0.2, 0) is 11.2 Å². The van der Waals surface area contributed by atoms with Crippen molar-refractivity contribution in [3.05, 3.63) is 53.6 Å². The van der Waals surface area contributed by atoms with Gasteiger partial charge in [0.25, 0.3) is 11.8 Å². The minimum absolute atomic E-state index is 0.0392. The lowest BCUT2D eigenvalue weighted by Gasteiger charge is -2.32. The zero-order valence-corrected chi connectivity index (χ0v) is 19.3. The number of aryl methyl sites for hydroxylation is 1. The zero-order chi connectivity index (χ0) is 22.5. The summed E-state index contributed by atoms with van der Waals surface area (Å²) in [5.41, 5.74) is 2.66. The van der Waals surface area contributed by atoms with Gasteiger partial charge in [0.15, 0.2) is 11.7 Å². The van der Waals surface area contributed by atoms with E-state index in [4.69, 9.17) is 4.74 Å². The zero-order valence-electron chi connectivity index (χ0n) is 18.5. The maximum Gasteiger partial charge on any atom is 0.264 e. The molecule has 0 unspecified atom stereocenters. The summed E-state index contributed by atoms with van der Waals surface area (Å²) in [7, 11) is 2.06. The average Bonchev–Trinajstić information content (AvgIpc) is 3.20. The first kappa shape index (κ1) is 22.2. The Morgan fingerprint density at radius 3 is 2.56 bits per heavy atom. The largest absolute Gasteiger partial charge is 0.484 e. The monoisotopic (exact) mass is 452 g/mol. The van der Waals surface area contributed by atoms with E-state index in [1.165, 1.54) is 16.9 Å². The topological polar surface area (TPSA) is 74.8 Å². The van der Waals surface area contributed by atoms with Gasteiger partial charge in [-0.2, -0.15) is 0 Å². The minimum Gasteiger partial charge on any atom is -0.484 e. The predicted molar refractivity (Wildman–Crippen MR) is 128 cm³/mol. The van der Waals surface area contributed by atoms with E-state index < -0.39 is 0 Å². The Labute approximate surface area is 192 Å². The number of nitrogens with zero attached hydrogens (tertiary/aromatic N) is 3. The van der Waals surface area contributed by atoms with Crippen molar-refractivity contribution in [2.45, 2.75) is 19.8 Å². The number of thiazole rings is 1. The molecule has 0 spiro atoms. The SMILES string of the molecule is CCCc1ccc(OCC(=O)Nc2nc3ccc(C(=O)N4CCN(C)CC4)cc3s2)cc1. The number of aromatic nitrogens is 1. The fourth-order valence-electron chi connectivity index (χ4n) is 3.65. The number of piperazine rings is 1. The molecule has 0 bridgehead atoms. The summed E-state index contributed by atoms with van der Waals surface area (Å²) in [5.74, 6) is 0.434. The van der Waals surface area contributed by atoms with Gasteiger partial charge < -0.3 is 14.5 Å². The number of fused-ring (bicyclic) bond motifs is 1. The van der Waals surface area contributed by atoms with Gasteiger partial charge in [-0.1, -0.05) is 36.8 Å². The summed E-state index contributed by atoms with van der Waals surface area (Å²) in [5, 5.41) is 3.29. The van der Waals surface area contributed by atoms with Gasteiger partial charge in [0, 0.05) is 31.7 Å². The van der Waals surface area contributed by atoms with E-state index in [0.29, 0.717) is 16.4 Å². The van der Waals surface area contributed by atoms with Crippen LogP contribution < -0.4 is 10.1 Å². The standard InChI is InChI=1S/C24H28N4O3S/c1-3-4-17-5-8-19(9-6-17)31-16-22(29)26-24-25-20-10-7-18(15-21(20)32-24)23(30)28-13-11-27(2)12-14-28/h5-10,15H,3-4,11-14,16H2,1-2H3,(H,25,26,29). The Hall–Kier alpha value is -2.97. The Balaban J connectivity index is 1.35. The molecule has 1 aliphatic heterocycles. The molecular weight excluding hydrogens is 424 g/mol. The number of nitrogens with one attached hydrogen (secondary N) is 1. The van der Waals surface area contributed by atoms with Gasteiger partial charge in [-0.05, 0) is 49.4 Å². The van der Waals surface area contributed by atoms with Crippen LogP contribution in [0.5, 0.6) is 5.75 Å². The van der Waals surface area contributed by atoms with Crippen LogP contribution in [0.2, 0.25) is 0 Å². The van der Waals surface area contributed by atoms with Crippen molar-refractivity contribution in [2.75, 3.05) is 45.2 Å². The normalized spacial score (nSPS) is 14.5. The highest BCUT2D eigenvalue weighted by Crippen LogP contribution is 2.27. The van der Waals surface area contributed by atoms with Gasteiger partial charge in [-0.3, -0.25) is 14.9 Å². The smallest absolute Gasteiger partial charge is 0.264 e. The molecule has 1 aliphatic rings. The first-order chi connectivity index (χ1) is 15.5. The van der Waals surface area contributed by atoms with Crippen molar-refractivity contribution in [3.63, 3.8) is 0 Å². The van der Waals surface area contributed by atoms with Gasteiger partial charge in [0.05, 0.1) is 10.2 Å². The van der Waals surface area contributed by atoms with E-state index in [1.54, 1.807) is 6.07 Å². The third-order valence-corrected chi connectivity index (χ3v) is 6.44. The number of amides is 2. The molecule has 2 amide bonds. The molecule has 3 aromatic rings. The molecule has 2 heterocycles. The maximum absolute atomic E-state index is 12.8. The van der Waals surface area contributed by atoms with Crippen LogP contribution in [-0.4, -0.2) is 66.4 Å². The minimum atomic E-state index is -0.268. The van der Waals surface area contributed by atoms with Crippen LogP contribution in [0.4, 0.5) is 5.13 Å². The van der Waals surface area contributed by atoms with Gasteiger partial charge in [0.2, 0.25) is 0 Å². The predicted octanol–water partition coefficient (Wildman–Crippen LogP) is 3.65. The van der Waals surface area contributed by atoms with Crippen molar-refractivity contribution in [1.29, 1.82) is 0 Å². The number of carbonyl (C=O) groups is 2. The molecular formula is C24H28N4O3S. The highest BCUT2D eigenvalue weighted by molar-refractivity contribution is 7.22. The van der Waals surface area contributed by atoms with Gasteiger partial charge in [-0.25, -0.2) is 4.98 Å². The van der Waals surface area contributed by atoms with Crippen LogP contribution in [0.25, 0.3) is 10.2 Å². The third kappa shape index (κ3) is 5.44. The van der Waals surface area contributed by atoms with Crippen molar-refractivity contribution < 1.29 is 14.3 Å². The molecule has 1 aromatic heterocycles. The fraction of sp³-hybridized carbons (Fsp3) is 0.375. The first-order valence-electron chi connectivity index (χ1n) is 10.9. The lowest BCUT2D eigenvalue weighted by atomic mass is 10.1. The Morgan fingerprint density at radius 2 is 1.84 bits per heavy atom. The molecule has 2 aromatic carbocycles. The molecule has 1 N–H and O–H groups in total. The lowest BCUT2D eigenvalue weighted by molar-refractivity contribution is -0.118. The van der Waals surface area contributed by atoms with Crippen molar-refractivity contribution in [2.24, 2.45) is 0 Å². The number of ether oxygens (including phenoxy) is 1. The molecule has 0 atom stereocenters. The molecule has 8 heteroatoms. The van der Waals surface area contributed by atoms with E-state index in [2.05, 4.69) is 29.2 Å². The number of anilines is 1. The molecule has 4 rings (SSSR count). The second kappa shape index (κ2) is 10.1. The molecule has 7 nitrogen and oxygen atoms in total. The van der Waals surface area contributed by atoms with Crippen molar-refractivity contribution in [1.82, 2.24) is 14.8 Å². The summed E-state index contributed by atoms with van der Waals surface area (Å²) in [6, 6.07) is 13.3. The quantitative estimate of drug-likeness (QED) is 0.592. The average molecular weight is 453 g/mol. The van der Waals surface area contributed by atoms with Gasteiger partial charge in [-0.15, -0.1) is 0 Å². The first-order valence-corrected chi connectivity index (χ1v) is 11.7. The molecule has 32 heavy (non-hydrogen) atoms. The van der Waals surface area contributed by atoms with E-state index in [1.807, 2.05) is 41.3 Å². The van der Waals surface area contributed by atoms with Gasteiger partial charge in [0.1, 0.15) is 5.75 Å². The van der Waals surface area contributed by atoms with Crippen LogP contribution in [0.3, 0.4) is 0 Å². The summed E-state index contributed by atoms with van der Waals surface area (Å²) in [4.78, 5) is 33.7. The highest BCUT2D eigenvalue weighted by Gasteiger charge is 2.21. The number of hydrogen-bond donors (Lipinski definition) is 1. The van der Waals surface area contributed by atoms with Crippen LogP contribution in [0.1, 0.15) is 29.3 Å². The molecule has 1 fully saturated rings. The fourth-order valence-corrected chi connectivity index (χ4v) is 4.57. The maximum atomic E-state index is 12.8. The van der Waals surface area contributed by atoms with Crippen molar-refractivity contribution in [3.8, 4) is 5.75 Å². The van der Waals surface area contributed by atoms with Crippen molar-refractivity contribution >= 4 is 38.5 Å². The van der Waals surface area contributed by atoms with Crippen LogP contribution >= 0.6 is 11.3 Å². The van der Waals surface area contributed by atoms with Crippen LogP contribution in [0.15, 0.2) is 42.5 Å². The number of benzene rings is 2. The molecule has 168 valence electrons. The summed E-state index contributed by atoms with van der Waals surface area (Å²) >= 11 is 1.36. The molecule has 1 saturated heterocycles. The van der Waals surface area contributed by atoms with Crippen LogP contribution in [0, 0.1) is 0 Å². The second-order valence-electron chi connectivity index (χ2n) is 8.03. The van der Waals surface area contributed by atoms with E-state index in [-0.39, 0.29) is 18.4 Å². The summed E-state index contributed by atoms with van der Waals surface area (Å²) in [6.45, 7) is 5.29. The molecule has 0 aliphatic carbocycles. The molecule has 0 saturated carbocycles. The Kier molecular flexibility index (Phi) is 7.02. The Bertz CT molecular complexity index is 1090. The molecule has 0 radical (unpaired) electrons. The second-order valence-corrected chi connectivity index (χ2v) is 9.06. The Morgan fingerprint density at radius 1 is 1.09 bits per heavy atom. The van der Waals surface area contributed by atoms with Gasteiger partial charge >= 0.3 is 0 Å². The number of likely N-dealkylation sites (N-methyl/N-ethyl adjacent to an activating group) is 1. The summed E-state index contributed by atoms with van der Waals surface area (Å²) < 4.78 is 6.45. The van der Waals surface area contributed by atoms with E-state index in [0.717, 1.165) is 49.2 Å². The number of hydrogen-bond acceptors (Lipinski definition) is 6. The van der Waals surface area contributed by atoms with E-state index >= 15 is 0 Å².